The lowest BCUT2D eigenvalue weighted by molar-refractivity contribution is 0.0728. The molecule has 0 heterocycles. The third-order valence-electron chi connectivity index (χ3n) is 3.49. The first-order valence-corrected chi connectivity index (χ1v) is 6.49. The molecular formula is C14H29NO. The summed E-state index contributed by atoms with van der Waals surface area (Å²) < 4.78 is 5.19. The average Bonchev–Trinajstić information content (AvgIpc) is 1.96. The van der Waals surface area contributed by atoms with Gasteiger partial charge in [0.05, 0.1) is 6.61 Å². The van der Waals surface area contributed by atoms with Crippen LogP contribution in [0.3, 0.4) is 0 Å². The van der Waals surface area contributed by atoms with E-state index in [1.807, 2.05) is 0 Å². The maximum atomic E-state index is 5.19. The zero-order valence-electron chi connectivity index (χ0n) is 11.9. The molecule has 1 unspecified atom stereocenters. The van der Waals surface area contributed by atoms with Gasteiger partial charge in [-0.25, -0.2) is 0 Å². The highest BCUT2D eigenvalue weighted by atomic mass is 16.5. The van der Waals surface area contributed by atoms with E-state index in [0.29, 0.717) is 22.9 Å². The normalized spacial score (nSPS) is 26.6. The van der Waals surface area contributed by atoms with Gasteiger partial charge in [0.25, 0.3) is 0 Å². The smallest absolute Gasteiger partial charge is 0.0613 e. The van der Waals surface area contributed by atoms with Crippen LogP contribution in [0.4, 0.5) is 0 Å². The molecule has 0 radical (unpaired) electrons. The summed E-state index contributed by atoms with van der Waals surface area (Å²) in [5.74, 6) is 0. The maximum Gasteiger partial charge on any atom is 0.0613 e. The molecule has 2 nitrogen and oxygen atoms in total. The van der Waals surface area contributed by atoms with Crippen LogP contribution in [0.25, 0.3) is 0 Å². The molecule has 2 heteroatoms. The molecule has 96 valence electrons. The summed E-state index contributed by atoms with van der Waals surface area (Å²) in [5.41, 5.74) is 0.929. The van der Waals surface area contributed by atoms with E-state index in [1.165, 1.54) is 19.3 Å². The Kier molecular flexibility index (Phi) is 4.42. The highest BCUT2D eigenvalue weighted by Gasteiger charge is 2.38. The molecule has 0 saturated heterocycles. The Morgan fingerprint density at radius 2 is 1.69 bits per heavy atom. The van der Waals surface area contributed by atoms with E-state index >= 15 is 0 Å². The Balaban J connectivity index is 2.54. The van der Waals surface area contributed by atoms with Gasteiger partial charge in [-0.1, -0.05) is 27.7 Å². The van der Waals surface area contributed by atoms with Crippen molar-refractivity contribution in [2.45, 2.75) is 66.0 Å². The van der Waals surface area contributed by atoms with Gasteiger partial charge in [-0.15, -0.1) is 0 Å². The Morgan fingerprint density at radius 1 is 1.19 bits per heavy atom. The second-order valence-electron chi connectivity index (χ2n) is 7.13. The summed E-state index contributed by atoms with van der Waals surface area (Å²) in [6.07, 6.45) is 3.89. The van der Waals surface area contributed by atoms with Crippen LogP contribution in [0, 0.1) is 10.8 Å². The zero-order valence-corrected chi connectivity index (χ0v) is 11.9. The summed E-state index contributed by atoms with van der Waals surface area (Å²) in [4.78, 5) is 0. The van der Waals surface area contributed by atoms with Gasteiger partial charge in [-0.2, -0.15) is 0 Å². The van der Waals surface area contributed by atoms with E-state index < -0.39 is 0 Å². The van der Waals surface area contributed by atoms with Crippen molar-refractivity contribution < 1.29 is 4.74 Å². The molecule has 0 aromatic carbocycles. The second-order valence-corrected chi connectivity index (χ2v) is 7.13. The molecule has 0 amide bonds. The lowest BCUT2D eigenvalue weighted by Crippen LogP contribution is -2.47. The van der Waals surface area contributed by atoms with Crippen LogP contribution in [0.1, 0.15) is 53.9 Å². The number of ether oxygens (including phenoxy) is 1. The lowest BCUT2D eigenvalue weighted by atomic mass is 9.63. The Labute approximate surface area is 101 Å². The van der Waals surface area contributed by atoms with Crippen molar-refractivity contribution >= 4 is 0 Å². The van der Waals surface area contributed by atoms with Gasteiger partial charge in [-0.3, -0.25) is 0 Å². The molecule has 1 saturated carbocycles. The highest BCUT2D eigenvalue weighted by molar-refractivity contribution is 4.92. The topological polar surface area (TPSA) is 21.3 Å². The number of nitrogens with one attached hydrogen (secondary N) is 1. The van der Waals surface area contributed by atoms with Crippen LogP contribution in [-0.2, 0) is 4.74 Å². The number of rotatable bonds is 4. The summed E-state index contributed by atoms with van der Waals surface area (Å²) >= 11 is 0. The predicted octanol–water partition coefficient (Wildman–Crippen LogP) is 3.22. The first-order chi connectivity index (χ1) is 7.24. The molecule has 0 spiro atoms. The van der Waals surface area contributed by atoms with Crippen LogP contribution in [0.5, 0.6) is 0 Å². The largest absolute Gasteiger partial charge is 0.383 e. The monoisotopic (exact) mass is 227 g/mol. The van der Waals surface area contributed by atoms with E-state index in [9.17, 15) is 0 Å². The first kappa shape index (κ1) is 14.0. The van der Waals surface area contributed by atoms with Gasteiger partial charge in [0.15, 0.2) is 0 Å². The number of hydrogen-bond donors (Lipinski definition) is 1. The Hall–Kier alpha value is -0.0800. The Morgan fingerprint density at radius 3 is 2.12 bits per heavy atom. The molecule has 0 bridgehead atoms. The molecule has 1 aliphatic rings. The van der Waals surface area contributed by atoms with Gasteiger partial charge in [-0.05, 0) is 37.0 Å². The molecular weight excluding hydrogens is 198 g/mol. The SMILES string of the molecule is COCC(C)NC1CC(C)(C)CC(C)(C)C1. The van der Waals surface area contributed by atoms with Crippen LogP contribution >= 0.6 is 0 Å². The van der Waals surface area contributed by atoms with E-state index in [4.69, 9.17) is 4.74 Å². The second kappa shape index (κ2) is 5.05. The molecule has 1 rings (SSSR count). The Bertz CT molecular complexity index is 207. The van der Waals surface area contributed by atoms with E-state index in [-0.39, 0.29) is 0 Å². The average molecular weight is 227 g/mol. The summed E-state index contributed by atoms with van der Waals surface area (Å²) in [7, 11) is 1.77. The molecule has 1 aliphatic carbocycles. The summed E-state index contributed by atoms with van der Waals surface area (Å²) in [5, 5.41) is 3.71. The van der Waals surface area contributed by atoms with Crippen molar-refractivity contribution in [2.24, 2.45) is 10.8 Å². The summed E-state index contributed by atoms with van der Waals surface area (Å²) in [6, 6.07) is 1.10. The van der Waals surface area contributed by atoms with E-state index in [2.05, 4.69) is 39.9 Å². The van der Waals surface area contributed by atoms with Crippen LogP contribution in [-0.4, -0.2) is 25.8 Å². The molecule has 1 N–H and O–H groups in total. The van der Waals surface area contributed by atoms with Gasteiger partial charge < -0.3 is 10.1 Å². The third kappa shape index (κ3) is 4.42. The highest BCUT2D eigenvalue weighted by Crippen LogP contribution is 2.45. The van der Waals surface area contributed by atoms with Crippen molar-refractivity contribution in [3.8, 4) is 0 Å². The predicted molar refractivity (Wildman–Crippen MR) is 69.7 cm³/mol. The van der Waals surface area contributed by atoms with Gasteiger partial charge in [0.1, 0.15) is 0 Å². The van der Waals surface area contributed by atoms with Crippen LogP contribution < -0.4 is 5.32 Å². The van der Waals surface area contributed by atoms with Crippen molar-refractivity contribution in [3.63, 3.8) is 0 Å². The van der Waals surface area contributed by atoms with Crippen molar-refractivity contribution in [3.05, 3.63) is 0 Å². The van der Waals surface area contributed by atoms with Gasteiger partial charge in [0, 0.05) is 19.2 Å². The maximum absolute atomic E-state index is 5.19. The number of methoxy groups -OCH3 is 1. The fourth-order valence-corrected chi connectivity index (χ4v) is 3.66. The van der Waals surface area contributed by atoms with Crippen LogP contribution in [0.15, 0.2) is 0 Å². The van der Waals surface area contributed by atoms with Crippen molar-refractivity contribution in [2.75, 3.05) is 13.7 Å². The molecule has 1 fully saturated rings. The quantitative estimate of drug-likeness (QED) is 0.796. The van der Waals surface area contributed by atoms with E-state index in [1.54, 1.807) is 7.11 Å². The fourth-order valence-electron chi connectivity index (χ4n) is 3.66. The first-order valence-electron chi connectivity index (χ1n) is 6.49. The van der Waals surface area contributed by atoms with Gasteiger partial charge in [0.2, 0.25) is 0 Å². The standard InChI is InChI=1S/C14H29NO/c1-11(9-16-6)15-12-7-13(2,3)10-14(4,5)8-12/h11-12,15H,7-10H2,1-6H3. The molecule has 0 aliphatic heterocycles. The van der Waals surface area contributed by atoms with Crippen LogP contribution in [0.2, 0.25) is 0 Å². The minimum atomic E-state index is 0.458. The molecule has 1 atom stereocenters. The zero-order chi connectivity index (χ0) is 12.4. The van der Waals surface area contributed by atoms with Gasteiger partial charge >= 0.3 is 0 Å². The van der Waals surface area contributed by atoms with E-state index in [0.717, 1.165) is 6.61 Å². The number of hydrogen-bond acceptors (Lipinski definition) is 2. The van der Waals surface area contributed by atoms with Crippen molar-refractivity contribution in [1.29, 1.82) is 0 Å². The fraction of sp³-hybridized carbons (Fsp3) is 1.00. The van der Waals surface area contributed by atoms with Crippen molar-refractivity contribution in [1.82, 2.24) is 5.32 Å². The molecule has 0 aromatic rings. The third-order valence-corrected chi connectivity index (χ3v) is 3.49. The molecule has 0 aromatic heterocycles. The minimum Gasteiger partial charge on any atom is -0.383 e. The lowest BCUT2D eigenvalue weighted by Gasteiger charge is -2.46. The molecule has 16 heavy (non-hydrogen) atoms. The minimum absolute atomic E-state index is 0.458. The summed E-state index contributed by atoms with van der Waals surface area (Å²) in [6.45, 7) is 12.6.